The fourth-order valence-corrected chi connectivity index (χ4v) is 3.11. The van der Waals surface area contributed by atoms with Crippen LogP contribution in [0.5, 0.6) is 0 Å². The second-order valence-corrected chi connectivity index (χ2v) is 5.98. The molecular weight excluding hydrogens is 184 g/mol. The van der Waals surface area contributed by atoms with Crippen molar-refractivity contribution in [1.29, 1.82) is 0 Å². The van der Waals surface area contributed by atoms with E-state index in [1.165, 1.54) is 45.2 Å². The highest BCUT2D eigenvalue weighted by Crippen LogP contribution is 2.36. The van der Waals surface area contributed by atoms with Crippen molar-refractivity contribution in [2.75, 3.05) is 19.6 Å². The van der Waals surface area contributed by atoms with E-state index in [0.717, 1.165) is 18.5 Å². The number of hydrogen-bond donors (Lipinski definition) is 2. The maximum absolute atomic E-state index is 3.68. The molecule has 2 rings (SSSR count). The molecule has 0 spiro atoms. The van der Waals surface area contributed by atoms with E-state index in [2.05, 4.69) is 24.5 Å². The highest BCUT2D eigenvalue weighted by atomic mass is 15.0. The van der Waals surface area contributed by atoms with E-state index < -0.39 is 0 Å². The van der Waals surface area contributed by atoms with Crippen LogP contribution in [0.25, 0.3) is 0 Å². The molecule has 1 aliphatic carbocycles. The Kier molecular flexibility index (Phi) is 3.68. The zero-order chi connectivity index (χ0) is 10.7. The Balaban J connectivity index is 1.65. The van der Waals surface area contributed by atoms with Crippen LogP contribution in [0.3, 0.4) is 0 Å². The monoisotopic (exact) mass is 210 g/mol. The summed E-state index contributed by atoms with van der Waals surface area (Å²) in [6.07, 6.45) is 7.08. The summed E-state index contributed by atoms with van der Waals surface area (Å²) in [5.74, 6) is 0.855. The molecule has 1 heterocycles. The van der Waals surface area contributed by atoms with Crippen LogP contribution in [-0.4, -0.2) is 25.7 Å². The van der Waals surface area contributed by atoms with E-state index >= 15 is 0 Å². The molecule has 2 heteroatoms. The van der Waals surface area contributed by atoms with Gasteiger partial charge < -0.3 is 10.6 Å². The summed E-state index contributed by atoms with van der Waals surface area (Å²) in [5.41, 5.74) is 0.599. The van der Waals surface area contributed by atoms with Crippen LogP contribution in [0.15, 0.2) is 0 Å². The second kappa shape index (κ2) is 4.84. The van der Waals surface area contributed by atoms with Crippen molar-refractivity contribution in [3.63, 3.8) is 0 Å². The lowest BCUT2D eigenvalue weighted by molar-refractivity contribution is 0.304. The van der Waals surface area contributed by atoms with Gasteiger partial charge in [-0.1, -0.05) is 26.7 Å². The molecule has 0 radical (unpaired) electrons. The minimum Gasteiger partial charge on any atom is -0.315 e. The Morgan fingerprint density at radius 2 is 2.07 bits per heavy atom. The van der Waals surface area contributed by atoms with Crippen molar-refractivity contribution >= 4 is 0 Å². The molecule has 0 aromatic carbocycles. The van der Waals surface area contributed by atoms with Gasteiger partial charge in [0.1, 0.15) is 0 Å². The van der Waals surface area contributed by atoms with Gasteiger partial charge in [-0.15, -0.1) is 0 Å². The van der Waals surface area contributed by atoms with Gasteiger partial charge in [0.25, 0.3) is 0 Å². The highest BCUT2D eigenvalue weighted by molar-refractivity contribution is 4.86. The van der Waals surface area contributed by atoms with Crippen molar-refractivity contribution in [3.8, 4) is 0 Å². The molecule has 1 saturated carbocycles. The van der Waals surface area contributed by atoms with E-state index in [-0.39, 0.29) is 0 Å². The lowest BCUT2D eigenvalue weighted by atomic mass is 9.89. The molecule has 88 valence electrons. The van der Waals surface area contributed by atoms with Gasteiger partial charge in [0.2, 0.25) is 0 Å². The molecule has 2 fully saturated rings. The van der Waals surface area contributed by atoms with Crippen LogP contribution in [0.2, 0.25) is 0 Å². The van der Waals surface area contributed by atoms with Crippen molar-refractivity contribution < 1.29 is 0 Å². The molecule has 2 N–H and O–H groups in total. The molecule has 0 amide bonds. The highest BCUT2D eigenvalue weighted by Gasteiger charge is 2.29. The maximum atomic E-state index is 3.68. The van der Waals surface area contributed by atoms with Gasteiger partial charge in [0.05, 0.1) is 0 Å². The van der Waals surface area contributed by atoms with Gasteiger partial charge in [-0.05, 0) is 37.1 Å². The molecule has 0 aromatic heterocycles. The van der Waals surface area contributed by atoms with Gasteiger partial charge in [-0.25, -0.2) is 0 Å². The minimum absolute atomic E-state index is 0.599. The van der Waals surface area contributed by atoms with Gasteiger partial charge in [0, 0.05) is 19.1 Å². The normalized spacial score (nSPS) is 34.8. The number of rotatable bonds is 4. The Bertz CT molecular complexity index is 197. The zero-order valence-electron chi connectivity index (χ0n) is 10.3. The quantitative estimate of drug-likeness (QED) is 0.743. The summed E-state index contributed by atoms with van der Waals surface area (Å²) in [5, 5.41) is 7.26. The number of hydrogen-bond acceptors (Lipinski definition) is 2. The first-order chi connectivity index (χ1) is 7.20. The lowest BCUT2D eigenvalue weighted by Crippen LogP contribution is -2.40. The van der Waals surface area contributed by atoms with E-state index in [1.54, 1.807) is 0 Å². The predicted octanol–water partition coefficient (Wildman–Crippen LogP) is 2.15. The smallest absolute Gasteiger partial charge is 0.0218 e. The molecule has 15 heavy (non-hydrogen) atoms. The Morgan fingerprint density at radius 1 is 1.33 bits per heavy atom. The van der Waals surface area contributed by atoms with Crippen molar-refractivity contribution in [1.82, 2.24) is 10.6 Å². The van der Waals surface area contributed by atoms with Crippen LogP contribution in [0.4, 0.5) is 0 Å². The third-order valence-electron chi connectivity index (χ3n) is 4.42. The molecule has 1 aliphatic heterocycles. The summed E-state index contributed by atoms with van der Waals surface area (Å²) in [7, 11) is 0. The lowest BCUT2D eigenvalue weighted by Gasteiger charge is -2.25. The largest absolute Gasteiger partial charge is 0.315 e. The van der Waals surface area contributed by atoms with E-state index in [1.807, 2.05) is 0 Å². The molecule has 2 atom stereocenters. The summed E-state index contributed by atoms with van der Waals surface area (Å²) >= 11 is 0. The standard InChI is InChI=1S/C13H26N2/c1-11-5-8-15-12(11)9-14-10-13(2)6-3-4-7-13/h11-12,14-15H,3-10H2,1-2H3. The van der Waals surface area contributed by atoms with E-state index in [0.29, 0.717) is 5.41 Å². The van der Waals surface area contributed by atoms with Crippen molar-refractivity contribution in [2.24, 2.45) is 11.3 Å². The van der Waals surface area contributed by atoms with Crippen molar-refractivity contribution in [2.45, 2.75) is 52.0 Å². The molecule has 2 nitrogen and oxygen atoms in total. The van der Waals surface area contributed by atoms with E-state index in [4.69, 9.17) is 0 Å². The van der Waals surface area contributed by atoms with E-state index in [9.17, 15) is 0 Å². The molecular formula is C13H26N2. The first-order valence-corrected chi connectivity index (χ1v) is 6.64. The maximum Gasteiger partial charge on any atom is 0.0218 e. The first-order valence-electron chi connectivity index (χ1n) is 6.64. The first kappa shape index (κ1) is 11.4. The Hall–Kier alpha value is -0.0800. The number of nitrogens with one attached hydrogen (secondary N) is 2. The third kappa shape index (κ3) is 2.94. The van der Waals surface area contributed by atoms with Crippen LogP contribution in [0.1, 0.15) is 46.0 Å². The topological polar surface area (TPSA) is 24.1 Å². The van der Waals surface area contributed by atoms with Crippen molar-refractivity contribution in [3.05, 3.63) is 0 Å². The Morgan fingerprint density at radius 3 is 2.67 bits per heavy atom. The molecule has 2 aliphatic rings. The van der Waals surface area contributed by atoms with Crippen LogP contribution >= 0.6 is 0 Å². The summed E-state index contributed by atoms with van der Waals surface area (Å²) in [4.78, 5) is 0. The predicted molar refractivity (Wildman–Crippen MR) is 65.0 cm³/mol. The minimum atomic E-state index is 0.599. The second-order valence-electron chi connectivity index (χ2n) is 5.98. The summed E-state index contributed by atoms with van der Waals surface area (Å²) in [6.45, 7) is 8.40. The Labute approximate surface area is 94.2 Å². The van der Waals surface area contributed by atoms with Gasteiger partial charge >= 0.3 is 0 Å². The zero-order valence-corrected chi connectivity index (χ0v) is 10.3. The molecule has 2 unspecified atom stereocenters. The fourth-order valence-electron chi connectivity index (χ4n) is 3.11. The fraction of sp³-hybridized carbons (Fsp3) is 1.00. The van der Waals surface area contributed by atoms with Gasteiger partial charge in [-0.3, -0.25) is 0 Å². The molecule has 0 bridgehead atoms. The van der Waals surface area contributed by atoms with Gasteiger partial charge in [0.15, 0.2) is 0 Å². The summed E-state index contributed by atoms with van der Waals surface area (Å²) in [6, 6.07) is 0.718. The van der Waals surface area contributed by atoms with Crippen LogP contribution < -0.4 is 10.6 Å². The van der Waals surface area contributed by atoms with Crippen LogP contribution in [-0.2, 0) is 0 Å². The average molecular weight is 210 g/mol. The third-order valence-corrected chi connectivity index (χ3v) is 4.42. The van der Waals surface area contributed by atoms with Crippen LogP contribution in [0, 0.1) is 11.3 Å². The SMILES string of the molecule is CC1CCNC1CNCC1(C)CCCC1. The average Bonchev–Trinajstić information content (AvgIpc) is 2.78. The molecule has 0 aromatic rings. The summed E-state index contributed by atoms with van der Waals surface area (Å²) < 4.78 is 0. The van der Waals surface area contributed by atoms with Gasteiger partial charge in [-0.2, -0.15) is 0 Å². The molecule has 1 saturated heterocycles.